The van der Waals surface area contributed by atoms with Gasteiger partial charge in [0.25, 0.3) is 0 Å². The molecule has 19 heavy (non-hydrogen) atoms. The molecule has 2 fully saturated rings. The molecule has 0 aliphatic heterocycles. The molecule has 2 bridgehead atoms. The average Bonchev–Trinajstić information content (AvgIpc) is 3.10. The van der Waals surface area contributed by atoms with E-state index in [1.54, 1.807) is 11.8 Å². The minimum atomic E-state index is 0.138. The minimum absolute atomic E-state index is 0.138. The third-order valence-corrected chi connectivity index (χ3v) is 5.05. The summed E-state index contributed by atoms with van der Waals surface area (Å²) in [5, 5.41) is 4.51. The molecule has 1 aromatic heterocycles. The Labute approximate surface area is 114 Å². The molecule has 0 aromatic carbocycles. The molecule has 5 nitrogen and oxygen atoms in total. The Hall–Kier alpha value is -1.07. The number of hydrogen-bond donors (Lipinski definition) is 2. The Kier molecular flexibility index (Phi) is 3.50. The van der Waals surface area contributed by atoms with Gasteiger partial charge < -0.3 is 4.74 Å². The topological polar surface area (TPSA) is 65.1 Å². The highest BCUT2D eigenvalue weighted by molar-refractivity contribution is 5.19. The molecule has 0 amide bonds. The first-order valence-corrected chi connectivity index (χ1v) is 7.25. The Morgan fingerprint density at radius 2 is 2.37 bits per heavy atom. The van der Waals surface area contributed by atoms with Crippen LogP contribution < -0.4 is 16.0 Å². The van der Waals surface area contributed by atoms with Crippen LogP contribution in [0.4, 0.5) is 0 Å². The third kappa shape index (κ3) is 2.37. The van der Waals surface area contributed by atoms with E-state index >= 15 is 0 Å². The van der Waals surface area contributed by atoms with Crippen molar-refractivity contribution in [1.82, 2.24) is 15.2 Å². The highest BCUT2D eigenvalue weighted by Gasteiger charge is 2.40. The number of ether oxygens (including phenoxy) is 1. The normalized spacial score (nSPS) is 30.8. The quantitative estimate of drug-likeness (QED) is 0.628. The molecular formula is C14H24N4O. The number of nitrogens with one attached hydrogen (secondary N) is 1. The van der Waals surface area contributed by atoms with Crippen LogP contribution in [0.15, 0.2) is 6.07 Å². The smallest absolute Gasteiger partial charge is 0.211 e. The molecule has 4 atom stereocenters. The number of rotatable bonds is 5. The number of fused-ring (bicyclic) bond motifs is 2. The number of aromatic nitrogens is 2. The van der Waals surface area contributed by atoms with E-state index in [-0.39, 0.29) is 6.04 Å². The van der Waals surface area contributed by atoms with Gasteiger partial charge in [0, 0.05) is 13.1 Å². The van der Waals surface area contributed by atoms with Crippen LogP contribution in [0.5, 0.6) is 5.88 Å². The molecule has 2 aliphatic carbocycles. The van der Waals surface area contributed by atoms with Gasteiger partial charge in [-0.1, -0.05) is 6.42 Å². The van der Waals surface area contributed by atoms with Crippen molar-refractivity contribution in [3.63, 3.8) is 0 Å². The first-order valence-electron chi connectivity index (χ1n) is 7.25. The number of nitrogens with zero attached hydrogens (tertiary/aromatic N) is 2. The molecule has 3 N–H and O–H groups in total. The first kappa shape index (κ1) is 12.9. The van der Waals surface area contributed by atoms with Crippen LogP contribution in [0, 0.1) is 17.8 Å². The fourth-order valence-corrected chi connectivity index (χ4v) is 4.07. The van der Waals surface area contributed by atoms with E-state index in [1.165, 1.54) is 25.7 Å². The summed E-state index contributed by atoms with van der Waals surface area (Å²) in [6.07, 6.45) is 6.77. The third-order valence-electron chi connectivity index (χ3n) is 5.05. The second kappa shape index (κ2) is 5.13. The van der Waals surface area contributed by atoms with Crippen molar-refractivity contribution < 1.29 is 4.74 Å². The second-order valence-corrected chi connectivity index (χ2v) is 6.13. The van der Waals surface area contributed by atoms with E-state index in [9.17, 15) is 0 Å². The number of methoxy groups -OCH3 is 1. The number of hydrazine groups is 1. The van der Waals surface area contributed by atoms with Gasteiger partial charge in [0.1, 0.15) is 0 Å². The zero-order valence-corrected chi connectivity index (χ0v) is 11.8. The molecular weight excluding hydrogens is 240 g/mol. The van der Waals surface area contributed by atoms with Crippen molar-refractivity contribution in [3.8, 4) is 5.88 Å². The van der Waals surface area contributed by atoms with Crippen LogP contribution in [-0.2, 0) is 7.05 Å². The maximum absolute atomic E-state index is 5.74. The molecule has 2 saturated carbocycles. The monoisotopic (exact) mass is 264 g/mol. The highest BCUT2D eigenvalue weighted by atomic mass is 16.5. The molecule has 0 radical (unpaired) electrons. The van der Waals surface area contributed by atoms with Gasteiger partial charge in [-0.25, -0.2) is 4.68 Å². The lowest BCUT2D eigenvalue weighted by molar-refractivity contribution is 0.277. The van der Waals surface area contributed by atoms with E-state index in [4.69, 9.17) is 10.6 Å². The lowest BCUT2D eigenvalue weighted by atomic mass is 9.84. The first-order chi connectivity index (χ1) is 9.21. The Bertz CT molecular complexity index is 445. The summed E-state index contributed by atoms with van der Waals surface area (Å²) in [6.45, 7) is 0. The molecule has 4 unspecified atom stereocenters. The predicted octanol–water partition coefficient (Wildman–Crippen LogP) is 1.76. The summed E-state index contributed by atoms with van der Waals surface area (Å²) in [6, 6.07) is 2.12. The van der Waals surface area contributed by atoms with E-state index in [0.29, 0.717) is 0 Å². The van der Waals surface area contributed by atoms with Crippen LogP contribution in [0.1, 0.15) is 43.8 Å². The summed E-state index contributed by atoms with van der Waals surface area (Å²) in [5.74, 6) is 9.24. The molecule has 5 heteroatoms. The summed E-state index contributed by atoms with van der Waals surface area (Å²) in [7, 11) is 3.56. The molecule has 3 rings (SSSR count). The Balaban J connectivity index is 1.70. The van der Waals surface area contributed by atoms with Gasteiger partial charge in [0.2, 0.25) is 5.88 Å². The van der Waals surface area contributed by atoms with E-state index < -0.39 is 0 Å². The molecule has 1 heterocycles. The SMILES string of the molecule is COc1cc(C(CC2CC3CCC2C3)NN)nn1C. The van der Waals surface area contributed by atoms with Crippen molar-refractivity contribution in [1.29, 1.82) is 0 Å². The standard InChI is InChI=1S/C14H24N4O/c1-18-14(19-2)8-13(17-18)12(16-15)7-11-6-9-3-4-10(11)5-9/h8-12,16H,3-7,15H2,1-2H3. The largest absolute Gasteiger partial charge is 0.481 e. The molecule has 106 valence electrons. The van der Waals surface area contributed by atoms with Crippen LogP contribution in [0.2, 0.25) is 0 Å². The minimum Gasteiger partial charge on any atom is -0.481 e. The number of nitrogens with two attached hydrogens (primary N) is 1. The Morgan fingerprint density at radius 3 is 2.89 bits per heavy atom. The Morgan fingerprint density at radius 1 is 1.53 bits per heavy atom. The highest BCUT2D eigenvalue weighted by Crippen LogP contribution is 2.50. The van der Waals surface area contributed by atoms with Gasteiger partial charge in [0.05, 0.1) is 18.8 Å². The predicted molar refractivity (Wildman–Crippen MR) is 73.4 cm³/mol. The zero-order chi connectivity index (χ0) is 13.4. The summed E-state index contributed by atoms with van der Waals surface area (Å²) in [5.41, 5.74) is 3.93. The number of aryl methyl sites for hydroxylation is 1. The van der Waals surface area contributed by atoms with E-state index in [0.717, 1.165) is 35.7 Å². The van der Waals surface area contributed by atoms with Crippen molar-refractivity contribution >= 4 is 0 Å². The van der Waals surface area contributed by atoms with Crippen molar-refractivity contribution in [2.45, 2.75) is 38.1 Å². The van der Waals surface area contributed by atoms with Crippen molar-refractivity contribution in [2.75, 3.05) is 7.11 Å². The van der Waals surface area contributed by atoms with Gasteiger partial charge in [0.15, 0.2) is 0 Å². The lowest BCUT2D eigenvalue weighted by Gasteiger charge is -2.25. The fraction of sp³-hybridized carbons (Fsp3) is 0.786. The van der Waals surface area contributed by atoms with Crippen LogP contribution in [0.25, 0.3) is 0 Å². The van der Waals surface area contributed by atoms with Crippen LogP contribution in [0.3, 0.4) is 0 Å². The van der Waals surface area contributed by atoms with Gasteiger partial charge in [-0.15, -0.1) is 0 Å². The van der Waals surface area contributed by atoms with Gasteiger partial charge in [-0.2, -0.15) is 5.10 Å². The molecule has 0 saturated heterocycles. The average molecular weight is 264 g/mol. The lowest BCUT2D eigenvalue weighted by Crippen LogP contribution is -2.31. The molecule has 2 aliphatic rings. The maximum Gasteiger partial charge on any atom is 0.211 e. The summed E-state index contributed by atoms with van der Waals surface area (Å²) < 4.78 is 7.04. The summed E-state index contributed by atoms with van der Waals surface area (Å²) >= 11 is 0. The fourth-order valence-electron chi connectivity index (χ4n) is 4.07. The molecule has 1 aromatic rings. The van der Waals surface area contributed by atoms with Crippen LogP contribution >= 0.6 is 0 Å². The van der Waals surface area contributed by atoms with Gasteiger partial charge >= 0.3 is 0 Å². The number of hydrogen-bond acceptors (Lipinski definition) is 4. The molecule has 0 spiro atoms. The zero-order valence-electron chi connectivity index (χ0n) is 11.8. The van der Waals surface area contributed by atoms with E-state index in [2.05, 4.69) is 10.5 Å². The maximum atomic E-state index is 5.74. The van der Waals surface area contributed by atoms with Gasteiger partial charge in [-0.3, -0.25) is 11.3 Å². The van der Waals surface area contributed by atoms with E-state index in [1.807, 2.05) is 13.1 Å². The van der Waals surface area contributed by atoms with Crippen molar-refractivity contribution in [2.24, 2.45) is 30.6 Å². The van der Waals surface area contributed by atoms with Crippen LogP contribution in [-0.4, -0.2) is 16.9 Å². The van der Waals surface area contributed by atoms with Crippen molar-refractivity contribution in [3.05, 3.63) is 11.8 Å². The second-order valence-electron chi connectivity index (χ2n) is 6.13. The summed E-state index contributed by atoms with van der Waals surface area (Å²) in [4.78, 5) is 0. The van der Waals surface area contributed by atoms with Gasteiger partial charge in [-0.05, 0) is 43.4 Å².